The van der Waals surface area contributed by atoms with E-state index < -0.39 is 0 Å². The fourth-order valence-corrected chi connectivity index (χ4v) is 2.14. The fraction of sp³-hybridized carbons (Fsp3) is 0.923. The van der Waals surface area contributed by atoms with Crippen LogP contribution in [0.2, 0.25) is 0 Å². The lowest BCUT2D eigenvalue weighted by atomic mass is 9.84. The van der Waals surface area contributed by atoms with Crippen molar-refractivity contribution in [2.75, 3.05) is 33.8 Å². The minimum Gasteiger partial charge on any atom is -0.378 e. The quantitative estimate of drug-likeness (QED) is 0.784. The van der Waals surface area contributed by atoms with Crippen LogP contribution in [-0.2, 0) is 4.74 Å². The van der Waals surface area contributed by atoms with Crippen molar-refractivity contribution < 1.29 is 4.74 Å². The molecule has 0 spiro atoms. The smallest absolute Gasteiger partial charge is 0.111 e. The molecule has 0 radical (unpaired) electrons. The third-order valence-corrected chi connectivity index (χ3v) is 3.39. The molecule has 98 valence electrons. The second-order valence-corrected chi connectivity index (χ2v) is 5.53. The predicted molar refractivity (Wildman–Crippen MR) is 68.7 cm³/mol. The van der Waals surface area contributed by atoms with Crippen molar-refractivity contribution in [2.45, 2.75) is 38.3 Å². The molecule has 17 heavy (non-hydrogen) atoms. The molecular formula is C13H25N3O. The average molecular weight is 239 g/mol. The highest BCUT2D eigenvalue weighted by Gasteiger charge is 2.37. The van der Waals surface area contributed by atoms with Crippen LogP contribution in [0.15, 0.2) is 0 Å². The Labute approximate surface area is 105 Å². The molecule has 0 amide bonds. The molecule has 1 rings (SSSR count). The van der Waals surface area contributed by atoms with Crippen LogP contribution in [0.1, 0.15) is 26.7 Å². The van der Waals surface area contributed by atoms with E-state index >= 15 is 0 Å². The van der Waals surface area contributed by atoms with Crippen LogP contribution < -0.4 is 5.32 Å². The number of rotatable bonds is 5. The highest BCUT2D eigenvalue weighted by Crippen LogP contribution is 2.28. The molecule has 0 bridgehead atoms. The Hall–Kier alpha value is -0.630. The zero-order valence-electron chi connectivity index (χ0n) is 11.5. The zero-order valence-corrected chi connectivity index (χ0v) is 11.5. The van der Waals surface area contributed by atoms with Gasteiger partial charge in [0.25, 0.3) is 0 Å². The molecular weight excluding hydrogens is 214 g/mol. The highest BCUT2D eigenvalue weighted by atomic mass is 16.5. The normalized spacial score (nSPS) is 29.6. The lowest BCUT2D eigenvalue weighted by Gasteiger charge is -2.38. The van der Waals surface area contributed by atoms with Gasteiger partial charge < -0.3 is 9.64 Å². The van der Waals surface area contributed by atoms with E-state index in [2.05, 4.69) is 30.1 Å². The van der Waals surface area contributed by atoms with E-state index in [0.29, 0.717) is 12.5 Å². The topological polar surface area (TPSA) is 48.3 Å². The summed E-state index contributed by atoms with van der Waals surface area (Å²) in [5, 5.41) is 12.8. The first kappa shape index (κ1) is 14.4. The van der Waals surface area contributed by atoms with Gasteiger partial charge >= 0.3 is 0 Å². The lowest BCUT2D eigenvalue weighted by molar-refractivity contribution is -0.0385. The first-order chi connectivity index (χ1) is 7.99. The zero-order chi connectivity index (χ0) is 12.9. The number of nitrogens with zero attached hydrogens (tertiary/aromatic N) is 2. The van der Waals surface area contributed by atoms with Gasteiger partial charge in [-0.3, -0.25) is 5.32 Å². The molecule has 2 atom stereocenters. The summed E-state index contributed by atoms with van der Waals surface area (Å²) in [4.78, 5) is 2.12. The van der Waals surface area contributed by atoms with Gasteiger partial charge in [-0.2, -0.15) is 5.26 Å². The van der Waals surface area contributed by atoms with Crippen molar-refractivity contribution >= 4 is 0 Å². The standard InChI is InChI=1S/C13H25N3O/c1-11(2)12-9-13(10-14,5-8-17-12)15-6-7-16(3)4/h11-12,15H,5-9H2,1-4H3. The predicted octanol–water partition coefficient (Wildman–Crippen LogP) is 1.23. The number of likely N-dealkylation sites (N-methyl/N-ethyl adjacent to an activating group) is 1. The number of hydrogen-bond donors (Lipinski definition) is 1. The molecule has 1 aliphatic rings. The monoisotopic (exact) mass is 239 g/mol. The summed E-state index contributed by atoms with van der Waals surface area (Å²) >= 11 is 0. The Kier molecular flexibility index (Phi) is 5.38. The van der Waals surface area contributed by atoms with Gasteiger partial charge in [0.05, 0.1) is 12.2 Å². The van der Waals surface area contributed by atoms with E-state index in [-0.39, 0.29) is 11.6 Å². The van der Waals surface area contributed by atoms with Crippen molar-refractivity contribution in [1.82, 2.24) is 10.2 Å². The molecule has 0 aromatic heterocycles. The molecule has 0 saturated carbocycles. The Morgan fingerprint density at radius 1 is 1.53 bits per heavy atom. The van der Waals surface area contributed by atoms with Gasteiger partial charge in [-0.25, -0.2) is 0 Å². The third kappa shape index (κ3) is 4.27. The van der Waals surface area contributed by atoms with Gasteiger partial charge in [0, 0.05) is 32.5 Å². The first-order valence-corrected chi connectivity index (χ1v) is 6.42. The number of nitrogens with one attached hydrogen (secondary N) is 1. The van der Waals surface area contributed by atoms with E-state index in [1.54, 1.807) is 0 Å². The summed E-state index contributed by atoms with van der Waals surface area (Å²) in [6, 6.07) is 2.47. The van der Waals surface area contributed by atoms with Gasteiger partial charge in [-0.05, 0) is 20.0 Å². The maximum absolute atomic E-state index is 9.42. The van der Waals surface area contributed by atoms with E-state index in [0.717, 1.165) is 25.9 Å². The largest absolute Gasteiger partial charge is 0.378 e. The summed E-state index contributed by atoms with van der Waals surface area (Å²) < 4.78 is 5.72. The minimum atomic E-state index is -0.386. The maximum Gasteiger partial charge on any atom is 0.111 e. The minimum absolute atomic E-state index is 0.204. The first-order valence-electron chi connectivity index (χ1n) is 6.42. The van der Waals surface area contributed by atoms with Gasteiger partial charge in [0.2, 0.25) is 0 Å². The Morgan fingerprint density at radius 2 is 2.24 bits per heavy atom. The van der Waals surface area contributed by atoms with Gasteiger partial charge in [0.15, 0.2) is 0 Å². The van der Waals surface area contributed by atoms with Crippen molar-refractivity contribution in [3.05, 3.63) is 0 Å². The maximum atomic E-state index is 9.42. The summed E-state index contributed by atoms with van der Waals surface area (Å²) in [5.74, 6) is 0.471. The van der Waals surface area contributed by atoms with Gasteiger partial charge in [-0.15, -0.1) is 0 Å². The molecule has 0 aromatic carbocycles. The number of ether oxygens (including phenoxy) is 1. The van der Waals surface area contributed by atoms with E-state index in [1.807, 2.05) is 14.1 Å². The Bertz CT molecular complexity index is 272. The van der Waals surface area contributed by atoms with Crippen LogP contribution in [0.4, 0.5) is 0 Å². The number of hydrogen-bond acceptors (Lipinski definition) is 4. The summed E-state index contributed by atoms with van der Waals surface area (Å²) in [5.41, 5.74) is -0.386. The van der Waals surface area contributed by atoms with Crippen LogP contribution in [0.5, 0.6) is 0 Å². The van der Waals surface area contributed by atoms with Crippen molar-refractivity contribution in [3.8, 4) is 6.07 Å². The second-order valence-electron chi connectivity index (χ2n) is 5.53. The van der Waals surface area contributed by atoms with Crippen LogP contribution in [0, 0.1) is 17.2 Å². The van der Waals surface area contributed by atoms with E-state index in [1.165, 1.54) is 0 Å². The molecule has 1 fully saturated rings. The Morgan fingerprint density at radius 3 is 2.76 bits per heavy atom. The summed E-state index contributed by atoms with van der Waals surface area (Å²) in [7, 11) is 4.09. The van der Waals surface area contributed by atoms with E-state index in [9.17, 15) is 5.26 Å². The lowest BCUT2D eigenvalue weighted by Crippen LogP contribution is -2.53. The molecule has 1 N–H and O–H groups in total. The summed E-state index contributed by atoms with van der Waals surface area (Å²) in [6.45, 7) is 6.79. The highest BCUT2D eigenvalue weighted by molar-refractivity contribution is 5.10. The van der Waals surface area contributed by atoms with Crippen LogP contribution in [0.3, 0.4) is 0 Å². The summed E-state index contributed by atoms with van der Waals surface area (Å²) in [6.07, 6.45) is 1.80. The molecule has 4 heteroatoms. The third-order valence-electron chi connectivity index (χ3n) is 3.39. The van der Waals surface area contributed by atoms with Crippen LogP contribution in [0.25, 0.3) is 0 Å². The Balaban J connectivity index is 2.53. The molecule has 1 aliphatic heterocycles. The van der Waals surface area contributed by atoms with Gasteiger partial charge in [-0.1, -0.05) is 13.8 Å². The van der Waals surface area contributed by atoms with Crippen molar-refractivity contribution in [1.29, 1.82) is 5.26 Å². The molecule has 1 heterocycles. The van der Waals surface area contributed by atoms with Gasteiger partial charge in [0.1, 0.15) is 5.54 Å². The molecule has 1 saturated heterocycles. The molecule has 0 aliphatic carbocycles. The van der Waals surface area contributed by atoms with Crippen molar-refractivity contribution in [2.24, 2.45) is 5.92 Å². The molecule has 4 nitrogen and oxygen atoms in total. The van der Waals surface area contributed by atoms with Crippen LogP contribution in [-0.4, -0.2) is 50.3 Å². The molecule has 2 unspecified atom stereocenters. The van der Waals surface area contributed by atoms with Crippen molar-refractivity contribution in [3.63, 3.8) is 0 Å². The SMILES string of the molecule is CC(C)C1CC(C#N)(NCCN(C)C)CCO1. The average Bonchev–Trinajstić information content (AvgIpc) is 2.29. The molecule has 0 aromatic rings. The van der Waals surface area contributed by atoms with Crippen LogP contribution >= 0.6 is 0 Å². The fourth-order valence-electron chi connectivity index (χ4n) is 2.14. The van der Waals surface area contributed by atoms with E-state index in [4.69, 9.17) is 4.74 Å². The number of nitriles is 1. The second kappa shape index (κ2) is 6.34.